The molecule has 30 heavy (non-hydrogen) atoms. The van der Waals surface area contributed by atoms with Crippen LogP contribution in [0.2, 0.25) is 0 Å². The zero-order chi connectivity index (χ0) is 21.3. The van der Waals surface area contributed by atoms with E-state index in [1.165, 1.54) is 0 Å². The molecule has 3 aromatic rings. The molecule has 2 aromatic carbocycles. The number of ether oxygens (including phenoxy) is 1. The van der Waals surface area contributed by atoms with Crippen molar-refractivity contribution in [2.45, 2.75) is 32.2 Å². The van der Waals surface area contributed by atoms with Crippen LogP contribution in [0.5, 0.6) is 0 Å². The fourth-order valence-electron chi connectivity index (χ4n) is 4.06. The third-order valence-corrected chi connectivity index (χ3v) is 5.62. The van der Waals surface area contributed by atoms with Crippen LogP contribution >= 0.6 is 0 Å². The molecule has 1 amide bonds. The molecular weight excluding hydrogens is 382 g/mol. The standard InChI is InChI=1S/C23H23N3O4/c1-13-19(14(2)26-25-13)11-21(22(27)28)24-23(29)30-12-20-17-9-5-3-7-15(17)16-8-4-6-10-18(16)20/h3-10,20-21H,11-12H2,1-2H3,(H,24,29)(H,25,26)(H,27,28). The number of nitrogens with one attached hydrogen (secondary N) is 2. The molecule has 0 aliphatic heterocycles. The molecule has 1 aromatic heterocycles. The number of hydrogen-bond acceptors (Lipinski definition) is 4. The third-order valence-electron chi connectivity index (χ3n) is 5.62. The second-order valence-electron chi connectivity index (χ2n) is 7.48. The first-order valence-electron chi connectivity index (χ1n) is 9.80. The summed E-state index contributed by atoms with van der Waals surface area (Å²) in [5, 5.41) is 18.9. The van der Waals surface area contributed by atoms with E-state index < -0.39 is 18.1 Å². The Morgan fingerprint density at radius 2 is 1.70 bits per heavy atom. The molecule has 0 saturated heterocycles. The number of aromatic nitrogens is 2. The second kappa shape index (κ2) is 8.02. The Kier molecular flexibility index (Phi) is 5.27. The van der Waals surface area contributed by atoms with Gasteiger partial charge in [0.25, 0.3) is 0 Å². The van der Waals surface area contributed by atoms with Gasteiger partial charge >= 0.3 is 12.1 Å². The molecule has 1 unspecified atom stereocenters. The molecule has 7 heteroatoms. The molecule has 1 atom stereocenters. The number of rotatable bonds is 6. The number of benzene rings is 2. The highest BCUT2D eigenvalue weighted by atomic mass is 16.5. The number of H-pyrrole nitrogens is 1. The van der Waals surface area contributed by atoms with Gasteiger partial charge in [0, 0.05) is 18.0 Å². The summed E-state index contributed by atoms with van der Waals surface area (Å²) in [7, 11) is 0. The van der Waals surface area contributed by atoms with Crippen LogP contribution in [0, 0.1) is 13.8 Å². The quantitative estimate of drug-likeness (QED) is 0.582. The summed E-state index contributed by atoms with van der Waals surface area (Å²) in [6.45, 7) is 3.75. The van der Waals surface area contributed by atoms with E-state index in [0.29, 0.717) is 5.69 Å². The highest BCUT2D eigenvalue weighted by Crippen LogP contribution is 2.44. The number of fused-ring (bicyclic) bond motifs is 3. The number of carbonyl (C=O) groups is 2. The topological polar surface area (TPSA) is 104 Å². The lowest BCUT2D eigenvalue weighted by Crippen LogP contribution is -2.43. The number of amides is 1. The summed E-state index contributed by atoms with van der Waals surface area (Å²) >= 11 is 0. The van der Waals surface area contributed by atoms with Gasteiger partial charge in [0.15, 0.2) is 0 Å². The van der Waals surface area contributed by atoms with Crippen molar-refractivity contribution >= 4 is 12.1 Å². The Morgan fingerprint density at radius 1 is 1.10 bits per heavy atom. The van der Waals surface area contributed by atoms with Crippen LogP contribution in [0.15, 0.2) is 48.5 Å². The van der Waals surface area contributed by atoms with Crippen molar-refractivity contribution in [2.24, 2.45) is 0 Å². The monoisotopic (exact) mass is 405 g/mol. The van der Waals surface area contributed by atoms with Crippen molar-refractivity contribution in [1.29, 1.82) is 0 Å². The van der Waals surface area contributed by atoms with Crippen molar-refractivity contribution < 1.29 is 19.4 Å². The molecule has 1 aliphatic rings. The SMILES string of the molecule is Cc1n[nH]c(C)c1CC(NC(=O)OCC1c2ccccc2-c2ccccc21)C(=O)O. The number of carbonyl (C=O) groups excluding carboxylic acids is 1. The lowest BCUT2D eigenvalue weighted by molar-refractivity contribution is -0.139. The Labute approximate surface area is 174 Å². The molecule has 3 N–H and O–H groups in total. The number of nitrogens with zero attached hydrogens (tertiary/aromatic N) is 1. The van der Waals surface area contributed by atoms with Gasteiger partial charge in [-0.1, -0.05) is 48.5 Å². The lowest BCUT2D eigenvalue weighted by Gasteiger charge is -2.17. The van der Waals surface area contributed by atoms with Gasteiger partial charge in [0.2, 0.25) is 0 Å². The van der Waals surface area contributed by atoms with Gasteiger partial charge in [-0.3, -0.25) is 5.10 Å². The van der Waals surface area contributed by atoms with Crippen molar-refractivity contribution in [3.8, 4) is 11.1 Å². The van der Waals surface area contributed by atoms with Crippen molar-refractivity contribution in [3.05, 3.63) is 76.6 Å². The summed E-state index contributed by atoms with van der Waals surface area (Å²) in [4.78, 5) is 24.1. The Hall–Kier alpha value is -3.61. The minimum absolute atomic E-state index is 0.0789. The van der Waals surface area contributed by atoms with E-state index >= 15 is 0 Å². The van der Waals surface area contributed by atoms with Gasteiger partial charge in [0.1, 0.15) is 12.6 Å². The van der Waals surface area contributed by atoms with E-state index in [2.05, 4.69) is 27.6 Å². The predicted octanol–water partition coefficient (Wildman–Crippen LogP) is 3.56. The summed E-state index contributed by atoms with van der Waals surface area (Å²) in [5.74, 6) is -1.20. The zero-order valence-electron chi connectivity index (χ0n) is 16.8. The van der Waals surface area contributed by atoms with E-state index in [0.717, 1.165) is 33.5 Å². The van der Waals surface area contributed by atoms with Gasteiger partial charge in [0.05, 0.1) is 5.69 Å². The van der Waals surface area contributed by atoms with Gasteiger partial charge in [-0.05, 0) is 41.7 Å². The molecule has 0 bridgehead atoms. The summed E-state index contributed by atoms with van der Waals surface area (Å²) < 4.78 is 5.46. The first-order valence-corrected chi connectivity index (χ1v) is 9.80. The summed E-state index contributed by atoms with van der Waals surface area (Å²) in [5.41, 5.74) is 6.76. The van der Waals surface area contributed by atoms with Crippen molar-refractivity contribution in [3.63, 3.8) is 0 Å². The van der Waals surface area contributed by atoms with Crippen LogP contribution in [0.3, 0.4) is 0 Å². The first-order chi connectivity index (χ1) is 14.5. The Bertz CT molecular complexity index is 1040. The summed E-state index contributed by atoms with van der Waals surface area (Å²) in [6.07, 6.45) is -0.615. The van der Waals surface area contributed by atoms with Crippen LogP contribution in [0.1, 0.15) is 34.0 Å². The number of aromatic amines is 1. The van der Waals surface area contributed by atoms with E-state index in [1.54, 1.807) is 6.92 Å². The predicted molar refractivity (Wildman–Crippen MR) is 111 cm³/mol. The molecular formula is C23H23N3O4. The molecule has 4 rings (SSSR count). The lowest BCUT2D eigenvalue weighted by atomic mass is 9.98. The number of carboxylic acids is 1. The maximum atomic E-state index is 12.4. The largest absolute Gasteiger partial charge is 0.480 e. The molecule has 0 spiro atoms. The number of alkyl carbamates (subject to hydrolysis) is 1. The number of carboxylic acid groups (broad SMARTS) is 1. The van der Waals surface area contributed by atoms with E-state index in [1.807, 2.05) is 43.3 Å². The number of aliphatic carboxylic acids is 1. The van der Waals surface area contributed by atoms with Gasteiger partial charge in [-0.2, -0.15) is 5.10 Å². The molecule has 0 fully saturated rings. The molecule has 7 nitrogen and oxygen atoms in total. The van der Waals surface area contributed by atoms with E-state index in [4.69, 9.17) is 4.74 Å². The maximum Gasteiger partial charge on any atom is 0.407 e. The smallest absolute Gasteiger partial charge is 0.407 e. The number of aryl methyl sites for hydroxylation is 2. The van der Waals surface area contributed by atoms with Crippen LogP contribution < -0.4 is 5.32 Å². The van der Waals surface area contributed by atoms with Crippen LogP contribution in [-0.4, -0.2) is 40.0 Å². The average Bonchev–Trinajstić information content (AvgIpc) is 3.23. The number of hydrogen-bond donors (Lipinski definition) is 3. The minimum atomic E-state index is -1.12. The third kappa shape index (κ3) is 3.66. The molecule has 1 aliphatic carbocycles. The van der Waals surface area contributed by atoms with E-state index in [9.17, 15) is 14.7 Å². The van der Waals surface area contributed by atoms with Gasteiger partial charge in [-0.15, -0.1) is 0 Å². The fraction of sp³-hybridized carbons (Fsp3) is 0.261. The molecule has 0 radical (unpaired) electrons. The maximum absolute atomic E-state index is 12.4. The average molecular weight is 405 g/mol. The molecule has 1 heterocycles. The molecule has 0 saturated carbocycles. The fourth-order valence-corrected chi connectivity index (χ4v) is 4.06. The first kappa shape index (κ1) is 19.7. The normalized spacial score (nSPS) is 13.4. The van der Waals surface area contributed by atoms with Crippen LogP contribution in [-0.2, 0) is 16.0 Å². The highest BCUT2D eigenvalue weighted by Gasteiger charge is 2.30. The van der Waals surface area contributed by atoms with Gasteiger partial charge in [-0.25, -0.2) is 9.59 Å². The van der Waals surface area contributed by atoms with E-state index in [-0.39, 0.29) is 18.9 Å². The minimum Gasteiger partial charge on any atom is -0.480 e. The van der Waals surface area contributed by atoms with Crippen LogP contribution in [0.4, 0.5) is 4.79 Å². The highest BCUT2D eigenvalue weighted by molar-refractivity contribution is 5.81. The summed E-state index contributed by atoms with van der Waals surface area (Å²) in [6, 6.07) is 15.0. The zero-order valence-corrected chi connectivity index (χ0v) is 16.8. The van der Waals surface area contributed by atoms with Crippen LogP contribution in [0.25, 0.3) is 11.1 Å². The second-order valence-corrected chi connectivity index (χ2v) is 7.48. The van der Waals surface area contributed by atoms with Crippen molar-refractivity contribution in [2.75, 3.05) is 6.61 Å². The van der Waals surface area contributed by atoms with Crippen molar-refractivity contribution in [1.82, 2.24) is 15.5 Å². The van der Waals surface area contributed by atoms with Gasteiger partial charge < -0.3 is 15.2 Å². The Balaban J connectivity index is 1.45. The molecule has 154 valence electrons. The Morgan fingerprint density at radius 3 is 2.23 bits per heavy atom.